The fourth-order valence-corrected chi connectivity index (χ4v) is 0.0204. The van der Waals surface area contributed by atoms with Crippen LogP contribution in [-0.4, -0.2) is 26.2 Å². The minimum Gasteiger partial charge on any atom is -0.308 e. The van der Waals surface area contributed by atoms with E-state index in [4.69, 9.17) is 10.5 Å². The van der Waals surface area contributed by atoms with E-state index >= 15 is 0 Å². The summed E-state index contributed by atoms with van der Waals surface area (Å²) in [7, 11) is 0. The van der Waals surface area contributed by atoms with Crippen molar-refractivity contribution in [2.24, 2.45) is 0 Å². The zero-order chi connectivity index (χ0) is 4.12. The topological polar surface area (TPSA) is 56.8 Å². The van der Waals surface area contributed by atoms with Gasteiger partial charge in [0.2, 0.25) is 0 Å². The number of rotatable bonds is 0. The first-order valence-corrected chi connectivity index (χ1v) is 0.855. The molecule has 4 heteroatoms. The van der Waals surface area contributed by atoms with Crippen LogP contribution in [0.1, 0.15) is 0 Å². The number of hydrogen-bond acceptors (Lipinski definition) is 3. The van der Waals surface area contributed by atoms with Crippen molar-refractivity contribution in [3.63, 3.8) is 0 Å². The summed E-state index contributed by atoms with van der Waals surface area (Å²) in [5.74, 6) is 0. The Morgan fingerprint density at radius 2 is 1.50 bits per heavy atom. The molecule has 0 aliphatic heterocycles. The Hall–Kier alpha value is -0.337. The Kier molecular flexibility index (Phi) is 13.5. The Labute approximate surface area is 54.3 Å². The summed E-state index contributed by atoms with van der Waals surface area (Å²) in [5, 5.41) is 14.7. The number of hydrogen-bond donors (Lipinski definition) is 0. The monoisotopic (exact) mass is 277 g/mol. The molecule has 0 bridgehead atoms. The van der Waals surface area contributed by atoms with Gasteiger partial charge in [-0.2, -0.15) is 0 Å². The molecule has 0 rings (SSSR count). The van der Waals surface area contributed by atoms with Crippen molar-refractivity contribution in [2.75, 3.05) is 0 Å². The maximum Gasteiger partial charge on any atom is 0.303 e. The van der Waals surface area contributed by atoms with Crippen molar-refractivity contribution in [1.82, 2.24) is 0 Å². The molecular weight excluding hydrogens is 277 g/mol. The molecule has 0 N–H and O–H groups in total. The predicted molar refractivity (Wildman–Crippen MR) is 18.1 cm³/mol. The average Bonchev–Trinajstić information content (AvgIpc) is 1.41. The van der Waals surface area contributed by atoms with Crippen molar-refractivity contribution in [2.45, 2.75) is 0 Å². The molecule has 0 aliphatic carbocycles. The Morgan fingerprint density at radius 1 is 1.17 bits per heavy atom. The second-order valence-corrected chi connectivity index (χ2v) is 0.285. The molecule has 0 aromatic heterocycles. The van der Waals surface area contributed by atoms with Crippen molar-refractivity contribution in [1.29, 1.82) is 10.5 Å². The fraction of sp³-hybridized carbons (Fsp3) is 0. The summed E-state index contributed by atoms with van der Waals surface area (Å²) in [6, 6.07) is 0. The molecular formula is C2BiN2O. The molecule has 0 aromatic carbocycles. The van der Waals surface area contributed by atoms with Crippen LogP contribution in [0.3, 0.4) is 0 Å². The van der Waals surface area contributed by atoms with E-state index in [9.17, 15) is 0 Å². The molecule has 0 aromatic rings. The summed E-state index contributed by atoms with van der Waals surface area (Å²) in [4.78, 5) is 0. The van der Waals surface area contributed by atoms with Gasteiger partial charge in [-0.15, -0.1) is 10.5 Å². The van der Waals surface area contributed by atoms with Crippen molar-refractivity contribution in [3.8, 4) is 12.5 Å². The Bertz CT molecular complexity index is 76.7. The molecule has 6 heavy (non-hydrogen) atoms. The third-order valence-electron chi connectivity index (χ3n) is 0.0913. The zero-order valence-corrected chi connectivity index (χ0v) is 6.23. The number of nitriles is 2. The van der Waals surface area contributed by atoms with E-state index < -0.39 is 0 Å². The molecule has 0 aliphatic rings. The van der Waals surface area contributed by atoms with Crippen LogP contribution in [0, 0.1) is 23.0 Å². The minimum atomic E-state index is 0. The first-order chi connectivity index (χ1) is 2.41. The second kappa shape index (κ2) is 8.82. The van der Waals surface area contributed by atoms with Crippen LogP contribution < -0.4 is 0 Å². The van der Waals surface area contributed by atoms with Crippen LogP contribution in [0.15, 0.2) is 0 Å². The first kappa shape index (κ1) is 9.18. The molecule has 29 valence electrons. The van der Waals surface area contributed by atoms with Crippen LogP contribution in [0.2, 0.25) is 0 Å². The summed E-state index contributed by atoms with van der Waals surface area (Å²) < 4.78 is 3.44. The molecule has 0 saturated heterocycles. The summed E-state index contributed by atoms with van der Waals surface area (Å²) >= 11 is 0. The smallest absolute Gasteiger partial charge is 0.303 e. The molecule has 0 unspecified atom stereocenters. The molecule has 0 amide bonds. The predicted octanol–water partition coefficient (Wildman–Crippen LogP) is -0.416. The van der Waals surface area contributed by atoms with Crippen LogP contribution in [0.5, 0.6) is 0 Å². The van der Waals surface area contributed by atoms with Crippen molar-refractivity contribution < 1.29 is 4.74 Å². The van der Waals surface area contributed by atoms with Crippen LogP contribution in [-0.2, 0) is 4.74 Å². The van der Waals surface area contributed by atoms with Gasteiger partial charge in [0.1, 0.15) is 0 Å². The van der Waals surface area contributed by atoms with E-state index in [-0.39, 0.29) is 26.2 Å². The number of nitrogens with zero attached hydrogens (tertiary/aromatic N) is 2. The van der Waals surface area contributed by atoms with Crippen LogP contribution >= 0.6 is 0 Å². The van der Waals surface area contributed by atoms with Gasteiger partial charge in [0.05, 0.1) is 0 Å². The van der Waals surface area contributed by atoms with Gasteiger partial charge in [-0.05, 0) is 0 Å². The largest absolute Gasteiger partial charge is 0.308 e. The van der Waals surface area contributed by atoms with Crippen molar-refractivity contribution in [3.05, 3.63) is 0 Å². The second-order valence-electron chi connectivity index (χ2n) is 0.285. The van der Waals surface area contributed by atoms with Gasteiger partial charge in [-0.25, -0.2) is 0 Å². The summed E-state index contributed by atoms with van der Waals surface area (Å²) in [6.07, 6.45) is 2.31. The van der Waals surface area contributed by atoms with Crippen LogP contribution in [0.4, 0.5) is 0 Å². The van der Waals surface area contributed by atoms with E-state index in [1.807, 2.05) is 0 Å². The third kappa shape index (κ3) is 9.39. The van der Waals surface area contributed by atoms with Gasteiger partial charge in [0.15, 0.2) is 0 Å². The van der Waals surface area contributed by atoms with Gasteiger partial charge in [0, 0.05) is 26.2 Å². The maximum atomic E-state index is 7.37. The quantitative estimate of drug-likeness (QED) is 0.446. The molecule has 0 spiro atoms. The van der Waals surface area contributed by atoms with E-state index in [0.29, 0.717) is 0 Å². The number of ether oxygens (including phenoxy) is 1. The van der Waals surface area contributed by atoms with E-state index in [1.54, 1.807) is 0 Å². The van der Waals surface area contributed by atoms with Crippen molar-refractivity contribution >= 4 is 26.2 Å². The maximum absolute atomic E-state index is 7.37. The van der Waals surface area contributed by atoms with Crippen LogP contribution in [0.25, 0.3) is 0 Å². The molecule has 0 saturated carbocycles. The SMILES string of the molecule is N#COC#N.[Bi]. The molecule has 0 heterocycles. The third-order valence-corrected chi connectivity index (χ3v) is 0.0913. The minimum absolute atomic E-state index is 0. The van der Waals surface area contributed by atoms with Gasteiger partial charge in [0.25, 0.3) is 0 Å². The van der Waals surface area contributed by atoms with E-state index in [0.717, 1.165) is 12.5 Å². The molecule has 0 atom stereocenters. The summed E-state index contributed by atoms with van der Waals surface area (Å²) in [5.41, 5.74) is 0. The Balaban J connectivity index is 0. The fourth-order valence-electron chi connectivity index (χ4n) is 0.0204. The van der Waals surface area contributed by atoms with E-state index in [2.05, 4.69) is 4.74 Å². The van der Waals surface area contributed by atoms with E-state index in [1.165, 1.54) is 0 Å². The molecule has 3 radical (unpaired) electrons. The standard InChI is InChI=1S/C2N2O.Bi/c3-1-5-2-4;. The first-order valence-electron chi connectivity index (χ1n) is 0.855. The van der Waals surface area contributed by atoms with Gasteiger partial charge < -0.3 is 4.74 Å². The van der Waals surface area contributed by atoms with Gasteiger partial charge in [-0.1, -0.05) is 0 Å². The average molecular weight is 277 g/mol. The normalized spacial score (nSPS) is 3.00. The van der Waals surface area contributed by atoms with Gasteiger partial charge in [-0.3, -0.25) is 0 Å². The zero-order valence-electron chi connectivity index (χ0n) is 2.75. The summed E-state index contributed by atoms with van der Waals surface area (Å²) in [6.45, 7) is 0. The van der Waals surface area contributed by atoms with Gasteiger partial charge >= 0.3 is 12.5 Å². The molecule has 3 nitrogen and oxygen atoms in total. The molecule has 0 fully saturated rings. The Morgan fingerprint density at radius 3 is 1.50 bits per heavy atom.